The van der Waals surface area contributed by atoms with Crippen LogP contribution in [0.15, 0.2) is 24.3 Å². The molecule has 0 spiro atoms. The number of fused-ring (bicyclic) bond motifs is 1. The number of carbonyl (C=O) groups excluding carboxylic acids is 1. The minimum atomic E-state index is -0.172. The Balaban J connectivity index is 2.40. The molecule has 0 radical (unpaired) electrons. The average molecular weight is 232 g/mol. The zero-order chi connectivity index (χ0) is 12.4. The standard InChI is InChI=1S/C12H16N4O/c1-8(7-12(17)15-13)16-9(2)14-10-5-3-4-6-11(10)16/h3-6,8H,7,13H2,1-2H3,(H,15,17). The Kier molecular flexibility index (Phi) is 3.10. The van der Waals surface area contributed by atoms with Crippen molar-refractivity contribution in [3.8, 4) is 0 Å². The third kappa shape index (κ3) is 2.14. The molecule has 1 aromatic carbocycles. The molecule has 1 heterocycles. The van der Waals surface area contributed by atoms with Gasteiger partial charge in [0.15, 0.2) is 0 Å². The molecule has 0 bridgehead atoms. The number of benzene rings is 1. The van der Waals surface area contributed by atoms with E-state index < -0.39 is 0 Å². The van der Waals surface area contributed by atoms with Gasteiger partial charge < -0.3 is 4.57 Å². The Morgan fingerprint density at radius 1 is 1.53 bits per heavy atom. The van der Waals surface area contributed by atoms with Crippen LogP contribution in [0.4, 0.5) is 0 Å². The number of hydrogen-bond acceptors (Lipinski definition) is 3. The molecule has 2 rings (SSSR count). The summed E-state index contributed by atoms with van der Waals surface area (Å²) in [7, 11) is 0. The Bertz CT molecular complexity index is 546. The summed E-state index contributed by atoms with van der Waals surface area (Å²) in [5, 5.41) is 0. The molecule has 90 valence electrons. The van der Waals surface area contributed by atoms with Crippen molar-refractivity contribution in [3.05, 3.63) is 30.1 Å². The second-order valence-corrected chi connectivity index (χ2v) is 4.14. The molecule has 0 aliphatic carbocycles. The summed E-state index contributed by atoms with van der Waals surface area (Å²) >= 11 is 0. The van der Waals surface area contributed by atoms with E-state index in [1.54, 1.807) is 0 Å². The SMILES string of the molecule is Cc1nc2ccccc2n1C(C)CC(=O)NN. The van der Waals surface area contributed by atoms with Crippen LogP contribution >= 0.6 is 0 Å². The van der Waals surface area contributed by atoms with Crippen molar-refractivity contribution in [2.45, 2.75) is 26.3 Å². The van der Waals surface area contributed by atoms with Gasteiger partial charge in [-0.3, -0.25) is 10.2 Å². The average Bonchev–Trinajstić information content (AvgIpc) is 2.64. The van der Waals surface area contributed by atoms with Gasteiger partial charge in [-0.25, -0.2) is 10.8 Å². The van der Waals surface area contributed by atoms with Crippen LogP contribution in [0.5, 0.6) is 0 Å². The molecule has 1 unspecified atom stereocenters. The van der Waals surface area contributed by atoms with E-state index in [0.717, 1.165) is 16.9 Å². The maximum atomic E-state index is 11.3. The quantitative estimate of drug-likeness (QED) is 0.475. The first-order chi connectivity index (χ1) is 8.13. The van der Waals surface area contributed by atoms with Crippen LogP contribution in [0.25, 0.3) is 11.0 Å². The van der Waals surface area contributed by atoms with E-state index in [-0.39, 0.29) is 11.9 Å². The molecular weight excluding hydrogens is 216 g/mol. The van der Waals surface area contributed by atoms with Gasteiger partial charge in [-0.1, -0.05) is 12.1 Å². The zero-order valence-electron chi connectivity index (χ0n) is 9.97. The molecule has 0 aliphatic heterocycles. The lowest BCUT2D eigenvalue weighted by molar-refractivity contribution is -0.121. The normalized spacial score (nSPS) is 12.6. The highest BCUT2D eigenvalue weighted by Gasteiger charge is 2.15. The molecule has 1 amide bonds. The van der Waals surface area contributed by atoms with Crippen LogP contribution in [-0.2, 0) is 4.79 Å². The maximum absolute atomic E-state index is 11.3. The van der Waals surface area contributed by atoms with Crippen molar-refractivity contribution in [2.75, 3.05) is 0 Å². The molecule has 0 aliphatic rings. The third-order valence-electron chi connectivity index (χ3n) is 2.85. The molecule has 0 fully saturated rings. The van der Waals surface area contributed by atoms with Crippen LogP contribution < -0.4 is 11.3 Å². The molecule has 2 aromatic rings. The van der Waals surface area contributed by atoms with Crippen molar-refractivity contribution < 1.29 is 4.79 Å². The van der Waals surface area contributed by atoms with Gasteiger partial charge in [-0.2, -0.15) is 0 Å². The molecule has 1 atom stereocenters. The van der Waals surface area contributed by atoms with E-state index >= 15 is 0 Å². The molecular formula is C12H16N4O. The minimum absolute atomic E-state index is 0.0333. The van der Waals surface area contributed by atoms with E-state index in [1.807, 2.05) is 38.1 Å². The van der Waals surface area contributed by atoms with Crippen LogP contribution in [0, 0.1) is 6.92 Å². The molecule has 0 saturated heterocycles. The number of hydrogen-bond donors (Lipinski definition) is 2. The number of aryl methyl sites for hydroxylation is 1. The van der Waals surface area contributed by atoms with E-state index in [1.165, 1.54) is 0 Å². The number of carbonyl (C=O) groups is 1. The lowest BCUT2D eigenvalue weighted by atomic mass is 10.2. The van der Waals surface area contributed by atoms with Gasteiger partial charge in [0, 0.05) is 12.5 Å². The second-order valence-electron chi connectivity index (χ2n) is 4.14. The number of amides is 1. The van der Waals surface area contributed by atoms with Gasteiger partial charge in [0.2, 0.25) is 5.91 Å². The summed E-state index contributed by atoms with van der Waals surface area (Å²) in [4.78, 5) is 15.8. The Labute approximate surface area is 99.6 Å². The summed E-state index contributed by atoms with van der Waals surface area (Å²) in [6, 6.07) is 7.93. The summed E-state index contributed by atoms with van der Waals surface area (Å²) < 4.78 is 2.06. The first-order valence-corrected chi connectivity index (χ1v) is 5.56. The Morgan fingerprint density at radius 2 is 2.24 bits per heavy atom. The fraction of sp³-hybridized carbons (Fsp3) is 0.333. The van der Waals surface area contributed by atoms with E-state index in [2.05, 4.69) is 15.0 Å². The zero-order valence-corrected chi connectivity index (χ0v) is 9.97. The number of nitrogens with one attached hydrogen (secondary N) is 1. The van der Waals surface area contributed by atoms with Gasteiger partial charge in [0.25, 0.3) is 0 Å². The predicted octanol–water partition coefficient (Wildman–Crippen LogP) is 1.29. The van der Waals surface area contributed by atoms with E-state index in [4.69, 9.17) is 5.84 Å². The molecule has 5 nitrogen and oxygen atoms in total. The Hall–Kier alpha value is -1.88. The van der Waals surface area contributed by atoms with E-state index in [9.17, 15) is 4.79 Å². The number of para-hydroxylation sites is 2. The predicted molar refractivity (Wildman–Crippen MR) is 66.1 cm³/mol. The van der Waals surface area contributed by atoms with Crippen molar-refractivity contribution in [2.24, 2.45) is 5.84 Å². The lowest BCUT2D eigenvalue weighted by Crippen LogP contribution is -2.31. The first kappa shape index (κ1) is 11.6. The fourth-order valence-electron chi connectivity index (χ4n) is 2.14. The fourth-order valence-corrected chi connectivity index (χ4v) is 2.14. The highest BCUT2D eigenvalue weighted by molar-refractivity contribution is 5.78. The molecule has 5 heteroatoms. The highest BCUT2D eigenvalue weighted by atomic mass is 16.2. The van der Waals surface area contributed by atoms with Gasteiger partial charge >= 0.3 is 0 Å². The maximum Gasteiger partial charge on any atom is 0.235 e. The first-order valence-electron chi connectivity index (χ1n) is 5.56. The molecule has 1 aromatic heterocycles. The molecule has 0 saturated carbocycles. The summed E-state index contributed by atoms with van der Waals surface area (Å²) in [6.45, 7) is 3.92. The van der Waals surface area contributed by atoms with Gasteiger partial charge in [-0.15, -0.1) is 0 Å². The van der Waals surface area contributed by atoms with Gasteiger partial charge in [0.1, 0.15) is 5.82 Å². The molecule has 17 heavy (non-hydrogen) atoms. The largest absolute Gasteiger partial charge is 0.325 e. The summed E-state index contributed by atoms with van der Waals surface area (Å²) in [5.74, 6) is 5.83. The number of aromatic nitrogens is 2. The smallest absolute Gasteiger partial charge is 0.235 e. The number of nitrogens with zero attached hydrogens (tertiary/aromatic N) is 2. The summed E-state index contributed by atoms with van der Waals surface area (Å²) in [6.07, 6.45) is 0.345. The summed E-state index contributed by atoms with van der Waals surface area (Å²) in [5.41, 5.74) is 4.15. The van der Waals surface area contributed by atoms with Crippen molar-refractivity contribution in [1.29, 1.82) is 0 Å². The Morgan fingerprint density at radius 3 is 2.94 bits per heavy atom. The number of nitrogens with two attached hydrogens (primary N) is 1. The minimum Gasteiger partial charge on any atom is -0.325 e. The second kappa shape index (κ2) is 4.55. The van der Waals surface area contributed by atoms with Gasteiger partial charge in [-0.05, 0) is 26.0 Å². The van der Waals surface area contributed by atoms with E-state index in [0.29, 0.717) is 6.42 Å². The van der Waals surface area contributed by atoms with Crippen molar-refractivity contribution >= 4 is 16.9 Å². The monoisotopic (exact) mass is 232 g/mol. The molecule has 3 N–H and O–H groups in total. The third-order valence-corrected chi connectivity index (χ3v) is 2.85. The van der Waals surface area contributed by atoms with Crippen molar-refractivity contribution in [1.82, 2.24) is 15.0 Å². The highest BCUT2D eigenvalue weighted by Crippen LogP contribution is 2.22. The lowest BCUT2D eigenvalue weighted by Gasteiger charge is -2.15. The number of rotatable bonds is 3. The van der Waals surface area contributed by atoms with Crippen LogP contribution in [-0.4, -0.2) is 15.5 Å². The van der Waals surface area contributed by atoms with Crippen LogP contribution in [0.3, 0.4) is 0 Å². The number of imidazole rings is 1. The van der Waals surface area contributed by atoms with Crippen LogP contribution in [0.1, 0.15) is 25.2 Å². The van der Waals surface area contributed by atoms with Crippen LogP contribution in [0.2, 0.25) is 0 Å². The van der Waals surface area contributed by atoms with Gasteiger partial charge in [0.05, 0.1) is 11.0 Å². The van der Waals surface area contributed by atoms with Crippen molar-refractivity contribution in [3.63, 3.8) is 0 Å². The topological polar surface area (TPSA) is 72.9 Å². The number of hydrazine groups is 1.